The molecule has 4 nitrogen and oxygen atoms in total. The first-order chi connectivity index (χ1) is 12.2. The largest absolute Gasteiger partial charge is 0.361 e. The van der Waals surface area contributed by atoms with Crippen LogP contribution < -0.4 is 0 Å². The van der Waals surface area contributed by atoms with Gasteiger partial charge in [0.05, 0.1) is 0 Å². The number of thioether (sulfide) groups is 1. The first kappa shape index (κ1) is 17.0. The average Bonchev–Trinajstić information content (AvgIpc) is 3.34. The molecular weight excluding hydrogens is 330 g/mol. The number of H-pyrrole nitrogens is 1. The normalized spacial score (nSPS) is 24.5. The molecule has 2 aromatic rings. The monoisotopic (exact) mass is 357 g/mol. The number of nitrogens with zero attached hydrogens (tertiary/aromatic N) is 2. The Balaban J connectivity index is 1.51. The molecule has 2 aliphatic heterocycles. The van der Waals surface area contributed by atoms with Crippen LogP contribution in [0.1, 0.15) is 31.7 Å². The molecule has 3 heterocycles. The molecule has 25 heavy (non-hydrogen) atoms. The van der Waals surface area contributed by atoms with E-state index in [9.17, 15) is 4.79 Å². The Morgan fingerprint density at radius 1 is 1.32 bits per heavy atom. The summed E-state index contributed by atoms with van der Waals surface area (Å²) in [5, 5.41) is 1.37. The molecule has 0 aliphatic carbocycles. The smallest absolute Gasteiger partial charge is 0.219 e. The number of hydrogen-bond acceptors (Lipinski definition) is 3. The second kappa shape index (κ2) is 7.04. The van der Waals surface area contributed by atoms with Crippen molar-refractivity contribution in [3.05, 3.63) is 30.0 Å². The third-order valence-corrected chi connectivity index (χ3v) is 6.66. The Labute approximate surface area is 153 Å². The summed E-state index contributed by atoms with van der Waals surface area (Å²) in [7, 11) is 0. The van der Waals surface area contributed by atoms with Crippen LogP contribution in [0.2, 0.25) is 0 Å². The fourth-order valence-electron chi connectivity index (χ4n) is 4.56. The van der Waals surface area contributed by atoms with E-state index in [4.69, 9.17) is 0 Å². The third kappa shape index (κ3) is 3.32. The van der Waals surface area contributed by atoms with Gasteiger partial charge in [-0.05, 0) is 62.2 Å². The molecule has 2 aliphatic rings. The number of amides is 1. The molecule has 5 heteroatoms. The number of carbonyl (C=O) groups excluding carboxylic acids is 1. The van der Waals surface area contributed by atoms with Gasteiger partial charge in [0.1, 0.15) is 0 Å². The van der Waals surface area contributed by atoms with Crippen LogP contribution in [0.5, 0.6) is 0 Å². The topological polar surface area (TPSA) is 39.3 Å². The van der Waals surface area contributed by atoms with Crippen molar-refractivity contribution in [1.29, 1.82) is 0 Å². The predicted molar refractivity (Wildman–Crippen MR) is 104 cm³/mol. The number of rotatable bonds is 4. The van der Waals surface area contributed by atoms with Crippen molar-refractivity contribution < 1.29 is 4.79 Å². The predicted octanol–water partition coefficient (Wildman–Crippen LogP) is 3.52. The SMILES string of the molecule is CSc1ccc2[nH]cc(C[C@H]3CCCN3[C@H]3CCN(C(C)=O)C3)c2c1. The molecule has 2 saturated heterocycles. The Morgan fingerprint density at radius 2 is 2.20 bits per heavy atom. The van der Waals surface area contributed by atoms with Crippen molar-refractivity contribution in [2.24, 2.45) is 0 Å². The number of fused-ring (bicyclic) bond motifs is 1. The maximum atomic E-state index is 11.7. The summed E-state index contributed by atoms with van der Waals surface area (Å²) in [6.07, 6.45) is 9.11. The minimum absolute atomic E-state index is 0.222. The lowest BCUT2D eigenvalue weighted by atomic mass is 10.0. The van der Waals surface area contributed by atoms with Crippen LogP contribution in [0.15, 0.2) is 29.3 Å². The van der Waals surface area contributed by atoms with Crippen LogP contribution in [0.4, 0.5) is 0 Å². The molecule has 0 radical (unpaired) electrons. The lowest BCUT2D eigenvalue weighted by Gasteiger charge is -2.30. The van der Waals surface area contributed by atoms with Gasteiger partial charge in [0.15, 0.2) is 0 Å². The fraction of sp³-hybridized carbons (Fsp3) is 0.550. The van der Waals surface area contributed by atoms with Crippen LogP contribution in [0.25, 0.3) is 10.9 Å². The number of nitrogens with one attached hydrogen (secondary N) is 1. The van der Waals surface area contributed by atoms with Gasteiger partial charge in [-0.25, -0.2) is 0 Å². The van der Waals surface area contributed by atoms with E-state index in [-0.39, 0.29) is 5.91 Å². The van der Waals surface area contributed by atoms with E-state index >= 15 is 0 Å². The van der Waals surface area contributed by atoms with Crippen molar-refractivity contribution in [1.82, 2.24) is 14.8 Å². The van der Waals surface area contributed by atoms with Crippen LogP contribution in [-0.2, 0) is 11.2 Å². The summed E-state index contributed by atoms with van der Waals surface area (Å²) in [5.41, 5.74) is 2.67. The number of aromatic nitrogens is 1. The second-order valence-corrected chi connectivity index (χ2v) is 8.25. The first-order valence-electron chi connectivity index (χ1n) is 9.31. The number of aromatic amines is 1. The number of likely N-dealkylation sites (tertiary alicyclic amines) is 2. The zero-order valence-corrected chi connectivity index (χ0v) is 15.9. The summed E-state index contributed by atoms with van der Waals surface area (Å²) in [6, 6.07) is 7.85. The average molecular weight is 358 g/mol. The Kier molecular flexibility index (Phi) is 4.78. The number of benzene rings is 1. The van der Waals surface area contributed by atoms with Gasteiger partial charge in [-0.15, -0.1) is 11.8 Å². The van der Waals surface area contributed by atoms with Crippen molar-refractivity contribution in [2.75, 3.05) is 25.9 Å². The molecule has 0 unspecified atom stereocenters. The van der Waals surface area contributed by atoms with Gasteiger partial charge in [-0.1, -0.05) is 0 Å². The molecule has 1 aromatic carbocycles. The zero-order chi connectivity index (χ0) is 17.4. The molecule has 0 bridgehead atoms. The molecule has 0 spiro atoms. The summed E-state index contributed by atoms with van der Waals surface area (Å²) in [4.78, 5) is 21.1. The van der Waals surface area contributed by atoms with Gasteiger partial charge >= 0.3 is 0 Å². The zero-order valence-electron chi connectivity index (χ0n) is 15.1. The van der Waals surface area contributed by atoms with Gasteiger partial charge in [-0.3, -0.25) is 9.69 Å². The fourth-order valence-corrected chi connectivity index (χ4v) is 5.00. The quantitative estimate of drug-likeness (QED) is 0.851. The van der Waals surface area contributed by atoms with Crippen molar-refractivity contribution in [3.8, 4) is 0 Å². The molecule has 0 saturated carbocycles. The van der Waals surface area contributed by atoms with E-state index in [2.05, 4.69) is 40.5 Å². The second-order valence-electron chi connectivity index (χ2n) is 7.37. The van der Waals surface area contributed by atoms with Crippen LogP contribution in [-0.4, -0.2) is 58.7 Å². The highest BCUT2D eigenvalue weighted by atomic mass is 32.2. The Bertz CT molecular complexity index is 771. The van der Waals surface area contributed by atoms with Crippen LogP contribution >= 0.6 is 11.8 Å². The van der Waals surface area contributed by atoms with E-state index in [1.54, 1.807) is 18.7 Å². The highest BCUT2D eigenvalue weighted by molar-refractivity contribution is 7.98. The van der Waals surface area contributed by atoms with Crippen LogP contribution in [0.3, 0.4) is 0 Å². The number of carbonyl (C=O) groups is 1. The van der Waals surface area contributed by atoms with Crippen LogP contribution in [0, 0.1) is 0 Å². The van der Waals surface area contributed by atoms with E-state index in [0.29, 0.717) is 12.1 Å². The van der Waals surface area contributed by atoms with Crippen molar-refractivity contribution >= 4 is 28.6 Å². The van der Waals surface area contributed by atoms with Crippen molar-refractivity contribution in [3.63, 3.8) is 0 Å². The summed E-state index contributed by atoms with van der Waals surface area (Å²) in [6.45, 7) is 4.71. The summed E-state index contributed by atoms with van der Waals surface area (Å²) >= 11 is 1.80. The highest BCUT2D eigenvalue weighted by Crippen LogP contribution is 2.31. The molecule has 2 atom stereocenters. The van der Waals surface area contributed by atoms with Gasteiger partial charge in [0.25, 0.3) is 0 Å². The first-order valence-corrected chi connectivity index (χ1v) is 10.5. The van der Waals surface area contributed by atoms with E-state index < -0.39 is 0 Å². The molecule has 1 N–H and O–H groups in total. The summed E-state index contributed by atoms with van der Waals surface area (Å²) in [5.74, 6) is 0.222. The molecule has 1 amide bonds. The summed E-state index contributed by atoms with van der Waals surface area (Å²) < 4.78 is 0. The molecule has 134 valence electrons. The third-order valence-electron chi connectivity index (χ3n) is 5.93. The standard InChI is InChI=1S/C20H27N3OS/c1-14(24)22-9-7-17(13-22)23-8-3-4-16(23)10-15-12-21-20-6-5-18(25-2)11-19(15)20/h5-6,11-12,16-17,21H,3-4,7-10,13H2,1-2H3/t16-,17+/m1/s1. The van der Waals surface area contributed by atoms with Gasteiger partial charge in [0.2, 0.25) is 5.91 Å². The highest BCUT2D eigenvalue weighted by Gasteiger charge is 2.35. The van der Waals surface area contributed by atoms with E-state index in [1.165, 1.54) is 40.7 Å². The minimum atomic E-state index is 0.222. The molecule has 2 fully saturated rings. The Hall–Kier alpha value is -1.46. The van der Waals surface area contributed by atoms with Gasteiger partial charge < -0.3 is 9.88 Å². The minimum Gasteiger partial charge on any atom is -0.361 e. The molecular formula is C20H27N3OS. The lowest BCUT2D eigenvalue weighted by Crippen LogP contribution is -2.42. The number of hydrogen-bond donors (Lipinski definition) is 1. The lowest BCUT2D eigenvalue weighted by molar-refractivity contribution is -0.128. The molecule has 4 rings (SSSR count). The van der Waals surface area contributed by atoms with E-state index in [1.807, 2.05) is 4.90 Å². The maximum Gasteiger partial charge on any atom is 0.219 e. The molecule has 1 aromatic heterocycles. The van der Waals surface area contributed by atoms with Crippen molar-refractivity contribution in [2.45, 2.75) is 49.6 Å². The Morgan fingerprint density at radius 3 is 2.96 bits per heavy atom. The van der Waals surface area contributed by atoms with Gasteiger partial charge in [0, 0.05) is 54.1 Å². The van der Waals surface area contributed by atoms with E-state index in [0.717, 1.165) is 25.9 Å². The van der Waals surface area contributed by atoms with Gasteiger partial charge in [-0.2, -0.15) is 0 Å². The maximum absolute atomic E-state index is 11.7.